The van der Waals surface area contributed by atoms with E-state index in [1.807, 2.05) is 24.3 Å². The fraction of sp³-hybridized carbons (Fsp3) is 0.412. The van der Waals surface area contributed by atoms with Crippen LogP contribution in [0.2, 0.25) is 5.02 Å². The number of carbonyl (C=O) groups is 1. The van der Waals surface area contributed by atoms with Gasteiger partial charge in [-0.3, -0.25) is 4.79 Å². The first-order valence-corrected chi connectivity index (χ1v) is 8.20. The molecule has 0 N–H and O–H groups in total. The van der Waals surface area contributed by atoms with Gasteiger partial charge in [0.25, 0.3) is 5.91 Å². The molecule has 0 bridgehead atoms. The largest absolute Gasteiger partial charge is 0.447 e. The zero-order valence-corrected chi connectivity index (χ0v) is 13.3. The van der Waals surface area contributed by atoms with Crippen LogP contribution in [0.3, 0.4) is 0 Å². The molecule has 5 nitrogen and oxygen atoms in total. The Hall–Kier alpha value is -1.85. The van der Waals surface area contributed by atoms with E-state index >= 15 is 0 Å². The van der Waals surface area contributed by atoms with Crippen molar-refractivity contribution in [2.75, 3.05) is 19.7 Å². The van der Waals surface area contributed by atoms with Crippen LogP contribution in [-0.4, -0.2) is 35.5 Å². The van der Waals surface area contributed by atoms with E-state index in [1.165, 1.54) is 6.39 Å². The lowest BCUT2D eigenvalue weighted by Gasteiger charge is -2.33. The highest BCUT2D eigenvalue weighted by Gasteiger charge is 2.35. The molecule has 0 radical (unpaired) electrons. The lowest BCUT2D eigenvalue weighted by Crippen LogP contribution is -2.42. The standard InChI is InChI=1S/C17H17ClN2O3/c18-13-5-3-11(4-6-13)14-9-20(7-8-22-14)17(21)15-16(12-1-2-12)23-10-19-15/h3-6,10,12,14H,1-2,7-9H2/t14-/m0/s1. The molecule has 1 atom stereocenters. The average molecular weight is 333 g/mol. The zero-order chi connectivity index (χ0) is 15.8. The van der Waals surface area contributed by atoms with Crippen LogP contribution < -0.4 is 0 Å². The van der Waals surface area contributed by atoms with Crippen molar-refractivity contribution in [2.24, 2.45) is 0 Å². The van der Waals surface area contributed by atoms with Gasteiger partial charge < -0.3 is 14.1 Å². The molecule has 1 aromatic carbocycles. The van der Waals surface area contributed by atoms with Gasteiger partial charge in [-0.2, -0.15) is 0 Å². The summed E-state index contributed by atoms with van der Waals surface area (Å²) in [6.07, 6.45) is 3.39. The van der Waals surface area contributed by atoms with Gasteiger partial charge in [-0.15, -0.1) is 0 Å². The summed E-state index contributed by atoms with van der Waals surface area (Å²) in [7, 11) is 0. The monoisotopic (exact) mass is 332 g/mol. The second-order valence-electron chi connectivity index (χ2n) is 6.00. The molecule has 2 aromatic rings. The smallest absolute Gasteiger partial charge is 0.276 e. The van der Waals surface area contributed by atoms with Crippen molar-refractivity contribution in [1.29, 1.82) is 0 Å². The molecule has 4 rings (SSSR count). The predicted octanol–water partition coefficient (Wildman–Crippen LogP) is 3.42. The van der Waals surface area contributed by atoms with E-state index in [0.717, 1.165) is 24.2 Å². The second-order valence-corrected chi connectivity index (χ2v) is 6.44. The van der Waals surface area contributed by atoms with E-state index in [2.05, 4.69) is 4.98 Å². The summed E-state index contributed by atoms with van der Waals surface area (Å²) in [4.78, 5) is 18.7. The van der Waals surface area contributed by atoms with E-state index in [1.54, 1.807) is 4.90 Å². The number of hydrogen-bond donors (Lipinski definition) is 0. The number of ether oxygens (including phenoxy) is 1. The summed E-state index contributed by atoms with van der Waals surface area (Å²) >= 11 is 5.93. The molecule has 1 saturated carbocycles. The fourth-order valence-electron chi connectivity index (χ4n) is 2.91. The molecule has 0 spiro atoms. The summed E-state index contributed by atoms with van der Waals surface area (Å²) in [6.45, 7) is 1.59. The molecule has 23 heavy (non-hydrogen) atoms. The van der Waals surface area contributed by atoms with E-state index in [4.69, 9.17) is 20.8 Å². The number of benzene rings is 1. The van der Waals surface area contributed by atoms with Gasteiger partial charge in [0.2, 0.25) is 0 Å². The van der Waals surface area contributed by atoms with E-state index in [-0.39, 0.29) is 12.0 Å². The van der Waals surface area contributed by atoms with Gasteiger partial charge in [0, 0.05) is 17.5 Å². The SMILES string of the molecule is O=C(c1ncoc1C1CC1)N1CCO[C@H](c2ccc(Cl)cc2)C1. The molecule has 1 aliphatic carbocycles. The van der Waals surface area contributed by atoms with Gasteiger partial charge in [-0.05, 0) is 30.5 Å². The van der Waals surface area contributed by atoms with Gasteiger partial charge in [-0.1, -0.05) is 23.7 Å². The number of nitrogens with zero attached hydrogens (tertiary/aromatic N) is 2. The maximum absolute atomic E-state index is 12.8. The van der Waals surface area contributed by atoms with Crippen LogP contribution in [0, 0.1) is 0 Å². The van der Waals surface area contributed by atoms with Crippen molar-refractivity contribution in [1.82, 2.24) is 9.88 Å². The Balaban J connectivity index is 1.51. The van der Waals surface area contributed by atoms with Crippen LogP contribution in [0.25, 0.3) is 0 Å². The van der Waals surface area contributed by atoms with Crippen molar-refractivity contribution in [3.05, 3.63) is 52.7 Å². The van der Waals surface area contributed by atoms with Crippen LogP contribution in [0.4, 0.5) is 0 Å². The van der Waals surface area contributed by atoms with Gasteiger partial charge >= 0.3 is 0 Å². The lowest BCUT2D eigenvalue weighted by atomic mass is 10.1. The molecular formula is C17H17ClN2O3. The first kappa shape index (κ1) is 14.7. The number of halogens is 1. The van der Waals surface area contributed by atoms with Crippen LogP contribution in [0.5, 0.6) is 0 Å². The van der Waals surface area contributed by atoms with E-state index < -0.39 is 0 Å². The van der Waals surface area contributed by atoms with Crippen molar-refractivity contribution < 1.29 is 13.9 Å². The summed E-state index contributed by atoms with van der Waals surface area (Å²) in [5.74, 6) is 1.04. The summed E-state index contributed by atoms with van der Waals surface area (Å²) in [5.41, 5.74) is 1.48. The molecule has 2 heterocycles. The van der Waals surface area contributed by atoms with Crippen molar-refractivity contribution >= 4 is 17.5 Å². The van der Waals surface area contributed by atoms with Gasteiger partial charge in [0.1, 0.15) is 11.9 Å². The molecule has 1 amide bonds. The normalized spacial score (nSPS) is 21.4. The maximum atomic E-state index is 12.8. The van der Waals surface area contributed by atoms with Crippen LogP contribution in [-0.2, 0) is 4.74 Å². The summed E-state index contributed by atoms with van der Waals surface area (Å²) in [6, 6.07) is 7.55. The van der Waals surface area contributed by atoms with Gasteiger partial charge in [0.05, 0.1) is 13.2 Å². The van der Waals surface area contributed by atoms with Crippen LogP contribution in [0.1, 0.15) is 46.7 Å². The molecule has 1 saturated heterocycles. The molecule has 2 fully saturated rings. The molecule has 6 heteroatoms. The number of aromatic nitrogens is 1. The number of morpholine rings is 1. The topological polar surface area (TPSA) is 55.6 Å². The molecule has 120 valence electrons. The Morgan fingerprint density at radius 2 is 2.04 bits per heavy atom. The lowest BCUT2D eigenvalue weighted by molar-refractivity contribution is -0.0230. The predicted molar refractivity (Wildman–Crippen MR) is 84.5 cm³/mol. The fourth-order valence-corrected chi connectivity index (χ4v) is 3.04. The van der Waals surface area contributed by atoms with E-state index in [9.17, 15) is 4.79 Å². The van der Waals surface area contributed by atoms with Crippen LogP contribution in [0.15, 0.2) is 35.1 Å². The Labute approximate surface area is 139 Å². The minimum atomic E-state index is -0.138. The Morgan fingerprint density at radius 1 is 1.26 bits per heavy atom. The molecule has 0 unspecified atom stereocenters. The molecule has 2 aliphatic rings. The Morgan fingerprint density at radius 3 is 2.78 bits per heavy atom. The number of oxazole rings is 1. The third kappa shape index (κ3) is 2.99. The Bertz CT molecular complexity index is 709. The Kier molecular flexibility index (Phi) is 3.83. The summed E-state index contributed by atoms with van der Waals surface area (Å²) < 4.78 is 11.2. The number of rotatable bonds is 3. The molecule has 1 aromatic heterocycles. The number of hydrogen-bond acceptors (Lipinski definition) is 4. The third-order valence-electron chi connectivity index (χ3n) is 4.34. The first-order chi connectivity index (χ1) is 11.2. The quantitative estimate of drug-likeness (QED) is 0.864. The van der Waals surface area contributed by atoms with Crippen LogP contribution >= 0.6 is 11.6 Å². The highest BCUT2D eigenvalue weighted by molar-refractivity contribution is 6.30. The van der Waals surface area contributed by atoms with Crippen molar-refractivity contribution in [3.8, 4) is 0 Å². The summed E-state index contributed by atoms with van der Waals surface area (Å²) in [5, 5.41) is 0.689. The third-order valence-corrected chi connectivity index (χ3v) is 4.59. The van der Waals surface area contributed by atoms with Crippen molar-refractivity contribution in [3.63, 3.8) is 0 Å². The number of amides is 1. The highest BCUT2D eigenvalue weighted by Crippen LogP contribution is 2.41. The first-order valence-electron chi connectivity index (χ1n) is 7.82. The maximum Gasteiger partial charge on any atom is 0.276 e. The van der Waals surface area contributed by atoms with Crippen molar-refractivity contribution in [2.45, 2.75) is 24.9 Å². The minimum absolute atomic E-state index is 0.0667. The second kappa shape index (κ2) is 5.98. The van der Waals surface area contributed by atoms with E-state index in [0.29, 0.717) is 36.3 Å². The molecule has 1 aliphatic heterocycles. The zero-order valence-electron chi connectivity index (χ0n) is 12.6. The molecular weight excluding hydrogens is 316 g/mol. The highest BCUT2D eigenvalue weighted by atomic mass is 35.5. The number of carbonyl (C=O) groups excluding carboxylic acids is 1. The van der Waals surface area contributed by atoms with Gasteiger partial charge in [0.15, 0.2) is 12.1 Å². The van der Waals surface area contributed by atoms with Gasteiger partial charge in [-0.25, -0.2) is 4.98 Å². The average Bonchev–Trinajstić information content (AvgIpc) is 3.32. The minimum Gasteiger partial charge on any atom is -0.447 e.